The molecular formula is C12H24N2O3. The van der Waals surface area contributed by atoms with Gasteiger partial charge < -0.3 is 20.1 Å². The van der Waals surface area contributed by atoms with Crippen LogP contribution in [0.2, 0.25) is 0 Å². The van der Waals surface area contributed by atoms with Gasteiger partial charge in [0.1, 0.15) is 0 Å². The van der Waals surface area contributed by atoms with Crippen LogP contribution in [0.15, 0.2) is 0 Å². The van der Waals surface area contributed by atoms with Gasteiger partial charge in [0, 0.05) is 40.5 Å². The van der Waals surface area contributed by atoms with Crippen LogP contribution in [0.1, 0.15) is 19.3 Å². The van der Waals surface area contributed by atoms with Crippen molar-refractivity contribution in [2.45, 2.75) is 25.4 Å². The minimum atomic E-state index is -0.154. The summed E-state index contributed by atoms with van der Waals surface area (Å²) in [6.07, 6.45) is 2.29. The number of hydrogen-bond acceptors (Lipinski definition) is 4. The molecule has 0 aliphatic carbocycles. The Labute approximate surface area is 103 Å². The van der Waals surface area contributed by atoms with Crippen molar-refractivity contribution in [3.63, 3.8) is 0 Å². The van der Waals surface area contributed by atoms with Crippen molar-refractivity contribution in [3.05, 3.63) is 0 Å². The van der Waals surface area contributed by atoms with Gasteiger partial charge in [-0.1, -0.05) is 0 Å². The lowest BCUT2D eigenvalue weighted by atomic mass is 9.97. The third kappa shape index (κ3) is 4.61. The molecule has 0 aromatic carbocycles. The minimum absolute atomic E-state index is 0.151. The summed E-state index contributed by atoms with van der Waals surface area (Å²) in [7, 11) is 3.32. The van der Waals surface area contributed by atoms with E-state index < -0.39 is 0 Å². The van der Waals surface area contributed by atoms with Crippen LogP contribution in [0.25, 0.3) is 0 Å². The van der Waals surface area contributed by atoms with E-state index in [1.165, 1.54) is 0 Å². The largest absolute Gasteiger partial charge is 0.384 e. The highest BCUT2D eigenvalue weighted by Crippen LogP contribution is 2.18. The first-order valence-corrected chi connectivity index (χ1v) is 6.20. The van der Waals surface area contributed by atoms with Crippen molar-refractivity contribution < 1.29 is 14.3 Å². The van der Waals surface area contributed by atoms with Gasteiger partial charge in [-0.2, -0.15) is 0 Å². The molecular weight excluding hydrogens is 220 g/mol. The van der Waals surface area contributed by atoms with Gasteiger partial charge in [-0.05, 0) is 18.8 Å². The lowest BCUT2D eigenvalue weighted by molar-refractivity contribution is -0.135. The lowest BCUT2D eigenvalue weighted by Crippen LogP contribution is -2.41. The molecule has 17 heavy (non-hydrogen) atoms. The summed E-state index contributed by atoms with van der Waals surface area (Å²) in [5, 5.41) is 0. The zero-order valence-corrected chi connectivity index (χ0v) is 10.9. The number of likely N-dealkylation sites (tertiary alicyclic amines) is 1. The van der Waals surface area contributed by atoms with Crippen LogP contribution >= 0.6 is 0 Å². The van der Waals surface area contributed by atoms with Crippen LogP contribution in [0, 0.1) is 5.92 Å². The zero-order chi connectivity index (χ0) is 12.7. The second-order valence-corrected chi connectivity index (χ2v) is 4.58. The zero-order valence-electron chi connectivity index (χ0n) is 10.9. The van der Waals surface area contributed by atoms with Crippen LogP contribution in [-0.4, -0.2) is 57.4 Å². The Morgan fingerprint density at radius 3 is 2.53 bits per heavy atom. The van der Waals surface area contributed by atoms with Crippen LogP contribution in [0.3, 0.4) is 0 Å². The van der Waals surface area contributed by atoms with E-state index in [9.17, 15) is 4.79 Å². The van der Waals surface area contributed by atoms with Crippen LogP contribution in [0.5, 0.6) is 0 Å². The van der Waals surface area contributed by atoms with Crippen molar-refractivity contribution in [3.8, 4) is 0 Å². The molecule has 1 amide bonds. The Bertz CT molecular complexity index is 224. The van der Waals surface area contributed by atoms with Crippen molar-refractivity contribution in [2.75, 3.05) is 40.5 Å². The summed E-state index contributed by atoms with van der Waals surface area (Å²) in [4.78, 5) is 13.9. The number of rotatable bonds is 6. The second kappa shape index (κ2) is 7.63. The molecule has 0 saturated carbocycles. The van der Waals surface area contributed by atoms with E-state index >= 15 is 0 Å². The number of carbonyl (C=O) groups excluding carboxylic acids is 1. The van der Waals surface area contributed by atoms with E-state index in [1.807, 2.05) is 4.90 Å². The van der Waals surface area contributed by atoms with Gasteiger partial charge in [0.2, 0.25) is 5.91 Å². The van der Waals surface area contributed by atoms with Gasteiger partial charge in [0.05, 0.1) is 12.5 Å². The Balaban J connectivity index is 2.30. The maximum absolute atomic E-state index is 11.9. The molecule has 1 aliphatic rings. The number of methoxy groups -OCH3 is 2. The minimum Gasteiger partial charge on any atom is -0.384 e. The Kier molecular flexibility index (Phi) is 6.47. The Morgan fingerprint density at radius 1 is 1.41 bits per heavy atom. The van der Waals surface area contributed by atoms with Crippen LogP contribution in [-0.2, 0) is 14.3 Å². The number of amides is 1. The molecule has 5 heteroatoms. The number of nitrogens with two attached hydrogens (primary N) is 1. The van der Waals surface area contributed by atoms with Gasteiger partial charge >= 0.3 is 0 Å². The molecule has 1 unspecified atom stereocenters. The summed E-state index contributed by atoms with van der Waals surface area (Å²) in [6, 6.07) is 0. The van der Waals surface area contributed by atoms with E-state index in [0.29, 0.717) is 18.9 Å². The molecule has 2 N–H and O–H groups in total. The molecule has 0 bridgehead atoms. The van der Waals surface area contributed by atoms with Crippen molar-refractivity contribution in [1.29, 1.82) is 0 Å². The first-order chi connectivity index (χ1) is 8.21. The first kappa shape index (κ1) is 14.4. The number of carbonyl (C=O) groups is 1. The van der Waals surface area contributed by atoms with Crippen LogP contribution < -0.4 is 5.73 Å². The number of hydrogen-bond donors (Lipinski definition) is 1. The average molecular weight is 244 g/mol. The summed E-state index contributed by atoms with van der Waals surface area (Å²) >= 11 is 0. The highest BCUT2D eigenvalue weighted by molar-refractivity contribution is 5.76. The number of piperidine rings is 1. The SMILES string of the molecule is COCC1CCN(C(=O)CC(CN)OC)CC1. The van der Waals surface area contributed by atoms with Gasteiger partial charge in [-0.25, -0.2) is 0 Å². The van der Waals surface area contributed by atoms with Crippen LogP contribution in [0.4, 0.5) is 0 Å². The Hall–Kier alpha value is -0.650. The molecule has 1 fully saturated rings. The fraction of sp³-hybridized carbons (Fsp3) is 0.917. The van der Waals surface area contributed by atoms with E-state index in [1.54, 1.807) is 14.2 Å². The maximum atomic E-state index is 11.9. The normalized spacial score (nSPS) is 19.4. The monoisotopic (exact) mass is 244 g/mol. The van der Waals surface area contributed by atoms with Gasteiger partial charge in [0.25, 0.3) is 0 Å². The summed E-state index contributed by atoms with van der Waals surface area (Å²) < 4.78 is 10.3. The third-order valence-electron chi connectivity index (χ3n) is 3.37. The van der Waals surface area contributed by atoms with E-state index in [2.05, 4.69) is 0 Å². The molecule has 100 valence electrons. The highest BCUT2D eigenvalue weighted by atomic mass is 16.5. The molecule has 0 radical (unpaired) electrons. The second-order valence-electron chi connectivity index (χ2n) is 4.58. The van der Waals surface area contributed by atoms with Crippen molar-refractivity contribution in [2.24, 2.45) is 11.7 Å². The summed E-state index contributed by atoms with van der Waals surface area (Å²) in [6.45, 7) is 2.84. The molecule has 1 aliphatic heterocycles. The van der Waals surface area contributed by atoms with Crippen molar-refractivity contribution >= 4 is 5.91 Å². The van der Waals surface area contributed by atoms with E-state index in [0.717, 1.165) is 32.5 Å². The average Bonchev–Trinajstić information content (AvgIpc) is 2.37. The molecule has 1 rings (SSSR count). The first-order valence-electron chi connectivity index (χ1n) is 6.20. The fourth-order valence-corrected chi connectivity index (χ4v) is 2.17. The standard InChI is InChI=1S/C12H24N2O3/c1-16-9-10-3-5-14(6-4-10)12(15)7-11(8-13)17-2/h10-11H,3-9,13H2,1-2H3. The number of nitrogens with zero attached hydrogens (tertiary/aromatic N) is 1. The van der Waals surface area contributed by atoms with E-state index in [4.69, 9.17) is 15.2 Å². The van der Waals surface area contributed by atoms with Gasteiger partial charge in [0.15, 0.2) is 0 Å². The predicted octanol–water partition coefficient (Wildman–Crippen LogP) is 0.235. The number of ether oxygens (including phenoxy) is 2. The van der Waals surface area contributed by atoms with Gasteiger partial charge in [-0.15, -0.1) is 0 Å². The molecule has 5 nitrogen and oxygen atoms in total. The molecule has 1 saturated heterocycles. The fourth-order valence-electron chi connectivity index (χ4n) is 2.17. The van der Waals surface area contributed by atoms with Crippen molar-refractivity contribution in [1.82, 2.24) is 4.90 Å². The maximum Gasteiger partial charge on any atom is 0.225 e. The smallest absolute Gasteiger partial charge is 0.225 e. The predicted molar refractivity (Wildman–Crippen MR) is 65.6 cm³/mol. The topological polar surface area (TPSA) is 64.8 Å². The quantitative estimate of drug-likeness (QED) is 0.726. The molecule has 1 atom stereocenters. The van der Waals surface area contributed by atoms with Gasteiger partial charge in [-0.3, -0.25) is 4.79 Å². The highest BCUT2D eigenvalue weighted by Gasteiger charge is 2.24. The lowest BCUT2D eigenvalue weighted by Gasteiger charge is -2.32. The van der Waals surface area contributed by atoms with E-state index in [-0.39, 0.29) is 12.0 Å². The Morgan fingerprint density at radius 2 is 2.06 bits per heavy atom. The molecule has 0 spiro atoms. The summed E-state index contributed by atoms with van der Waals surface area (Å²) in [5.74, 6) is 0.745. The molecule has 1 heterocycles. The molecule has 0 aromatic heterocycles. The molecule has 0 aromatic rings. The third-order valence-corrected chi connectivity index (χ3v) is 3.37. The summed E-state index contributed by atoms with van der Waals surface area (Å²) in [5.41, 5.74) is 5.51.